The summed E-state index contributed by atoms with van der Waals surface area (Å²) in [4.78, 5) is 4.59. The van der Waals surface area contributed by atoms with Gasteiger partial charge >= 0.3 is 0 Å². The minimum atomic E-state index is 0.701. The molecule has 2 rings (SSSR count). The van der Waals surface area contributed by atoms with Gasteiger partial charge in [0, 0.05) is 11.1 Å². The molecule has 2 N–H and O–H groups in total. The summed E-state index contributed by atoms with van der Waals surface area (Å²) in [5.41, 5.74) is 10.1. The average molecular weight is 249 g/mol. The van der Waals surface area contributed by atoms with E-state index in [1.807, 2.05) is 19.1 Å². The fourth-order valence-electron chi connectivity index (χ4n) is 2.14. The van der Waals surface area contributed by atoms with E-state index in [9.17, 15) is 0 Å². The van der Waals surface area contributed by atoms with E-state index >= 15 is 0 Å². The Balaban J connectivity index is 2.68. The highest BCUT2D eigenvalue weighted by atomic mass is 35.5. The molecule has 0 bridgehead atoms. The minimum Gasteiger partial charge on any atom is -0.330 e. The third-order valence-corrected chi connectivity index (χ3v) is 3.29. The molecule has 0 saturated heterocycles. The molecule has 0 fully saturated rings. The molecule has 2 aromatic rings. The Morgan fingerprint density at radius 3 is 2.76 bits per heavy atom. The molecule has 17 heavy (non-hydrogen) atoms. The number of fused-ring (bicyclic) bond motifs is 1. The Bertz CT molecular complexity index is 549. The summed E-state index contributed by atoms with van der Waals surface area (Å²) in [6.45, 7) is 4.79. The number of pyridine rings is 1. The van der Waals surface area contributed by atoms with Crippen molar-refractivity contribution >= 4 is 22.5 Å². The summed E-state index contributed by atoms with van der Waals surface area (Å²) in [5.74, 6) is 0. The van der Waals surface area contributed by atoms with Crippen LogP contribution in [-0.2, 0) is 6.42 Å². The Hall–Kier alpha value is -1.12. The fourth-order valence-corrected chi connectivity index (χ4v) is 2.42. The predicted molar refractivity (Wildman–Crippen MR) is 73.6 cm³/mol. The van der Waals surface area contributed by atoms with Gasteiger partial charge in [-0.3, -0.25) is 4.98 Å². The molecular formula is C14H17ClN2. The standard InChI is InChI=1S/C14H17ClN2/c1-9-5-6-12(15)13-11(4-3-7-16)8-10(2)17-14(9)13/h5-6,8H,3-4,7,16H2,1-2H3. The van der Waals surface area contributed by atoms with Crippen molar-refractivity contribution in [3.05, 3.63) is 40.0 Å². The number of hydrogen-bond acceptors (Lipinski definition) is 2. The molecule has 1 aromatic carbocycles. The van der Waals surface area contributed by atoms with E-state index in [1.54, 1.807) is 0 Å². The highest BCUT2D eigenvalue weighted by Gasteiger charge is 2.09. The van der Waals surface area contributed by atoms with Crippen LogP contribution in [0.4, 0.5) is 0 Å². The summed E-state index contributed by atoms with van der Waals surface area (Å²) in [6.07, 6.45) is 1.93. The van der Waals surface area contributed by atoms with E-state index in [0.29, 0.717) is 6.54 Å². The highest BCUT2D eigenvalue weighted by Crippen LogP contribution is 2.29. The first-order valence-corrected chi connectivity index (χ1v) is 6.26. The van der Waals surface area contributed by atoms with E-state index < -0.39 is 0 Å². The first-order chi connectivity index (χ1) is 8.13. The van der Waals surface area contributed by atoms with E-state index in [-0.39, 0.29) is 0 Å². The Kier molecular flexibility index (Phi) is 3.65. The second-order valence-electron chi connectivity index (χ2n) is 4.40. The van der Waals surface area contributed by atoms with Crippen LogP contribution in [0.3, 0.4) is 0 Å². The molecule has 2 nitrogen and oxygen atoms in total. The summed E-state index contributed by atoms with van der Waals surface area (Å²) in [6, 6.07) is 6.08. The maximum absolute atomic E-state index is 6.29. The van der Waals surface area contributed by atoms with Gasteiger partial charge in [-0.05, 0) is 56.5 Å². The van der Waals surface area contributed by atoms with Crippen LogP contribution in [0.15, 0.2) is 18.2 Å². The molecule has 0 unspecified atom stereocenters. The van der Waals surface area contributed by atoms with Gasteiger partial charge in [-0.15, -0.1) is 0 Å². The van der Waals surface area contributed by atoms with Crippen LogP contribution in [-0.4, -0.2) is 11.5 Å². The predicted octanol–water partition coefficient (Wildman–Crippen LogP) is 3.40. The lowest BCUT2D eigenvalue weighted by molar-refractivity contribution is 0.835. The first kappa shape index (κ1) is 12.3. The van der Waals surface area contributed by atoms with Crippen molar-refractivity contribution in [1.29, 1.82) is 0 Å². The van der Waals surface area contributed by atoms with Gasteiger partial charge in [0.25, 0.3) is 0 Å². The molecule has 0 atom stereocenters. The van der Waals surface area contributed by atoms with Crippen LogP contribution in [0.25, 0.3) is 10.9 Å². The molecule has 0 radical (unpaired) electrons. The molecule has 0 aliphatic carbocycles. The van der Waals surface area contributed by atoms with Crippen molar-refractivity contribution in [3.63, 3.8) is 0 Å². The van der Waals surface area contributed by atoms with Crippen molar-refractivity contribution in [1.82, 2.24) is 4.98 Å². The topological polar surface area (TPSA) is 38.9 Å². The summed E-state index contributed by atoms with van der Waals surface area (Å²) < 4.78 is 0. The van der Waals surface area contributed by atoms with E-state index in [1.165, 1.54) is 11.1 Å². The molecule has 90 valence electrons. The smallest absolute Gasteiger partial charge is 0.0752 e. The second kappa shape index (κ2) is 5.03. The van der Waals surface area contributed by atoms with Crippen molar-refractivity contribution < 1.29 is 0 Å². The number of hydrogen-bond donors (Lipinski definition) is 1. The van der Waals surface area contributed by atoms with Gasteiger partial charge < -0.3 is 5.73 Å². The van der Waals surface area contributed by atoms with Gasteiger partial charge in [-0.25, -0.2) is 0 Å². The molecule has 1 heterocycles. The van der Waals surface area contributed by atoms with Gasteiger partial charge in [0.1, 0.15) is 0 Å². The first-order valence-electron chi connectivity index (χ1n) is 5.89. The largest absolute Gasteiger partial charge is 0.330 e. The minimum absolute atomic E-state index is 0.701. The van der Waals surface area contributed by atoms with Crippen molar-refractivity contribution in [3.8, 4) is 0 Å². The van der Waals surface area contributed by atoms with E-state index in [4.69, 9.17) is 17.3 Å². The summed E-state index contributed by atoms with van der Waals surface area (Å²) >= 11 is 6.29. The van der Waals surface area contributed by atoms with Gasteiger partial charge in [-0.1, -0.05) is 17.7 Å². The van der Waals surface area contributed by atoms with Crippen LogP contribution < -0.4 is 5.73 Å². The molecule has 0 aliphatic rings. The third-order valence-electron chi connectivity index (χ3n) is 2.97. The second-order valence-corrected chi connectivity index (χ2v) is 4.81. The maximum Gasteiger partial charge on any atom is 0.0752 e. The zero-order valence-corrected chi connectivity index (χ0v) is 11.0. The molecule has 0 spiro atoms. The fraction of sp³-hybridized carbons (Fsp3) is 0.357. The number of aryl methyl sites for hydroxylation is 3. The Labute approximate surface area is 107 Å². The van der Waals surface area contributed by atoms with Crippen LogP contribution in [0.1, 0.15) is 23.2 Å². The van der Waals surface area contributed by atoms with Gasteiger partial charge in [-0.2, -0.15) is 0 Å². The lowest BCUT2D eigenvalue weighted by Gasteiger charge is -2.11. The van der Waals surface area contributed by atoms with Crippen LogP contribution in [0.2, 0.25) is 5.02 Å². The normalized spacial score (nSPS) is 11.1. The molecule has 0 amide bonds. The molecular weight excluding hydrogens is 232 g/mol. The summed E-state index contributed by atoms with van der Waals surface area (Å²) in [5, 5.41) is 1.87. The SMILES string of the molecule is Cc1cc(CCCN)c2c(Cl)ccc(C)c2n1. The van der Waals surface area contributed by atoms with E-state index in [2.05, 4.69) is 18.0 Å². The maximum atomic E-state index is 6.29. The van der Waals surface area contributed by atoms with E-state index in [0.717, 1.165) is 34.5 Å². The van der Waals surface area contributed by atoms with Crippen molar-refractivity contribution in [2.75, 3.05) is 6.54 Å². The zero-order valence-electron chi connectivity index (χ0n) is 10.3. The summed E-state index contributed by atoms with van der Waals surface area (Å²) in [7, 11) is 0. The molecule has 0 aliphatic heterocycles. The van der Waals surface area contributed by atoms with Gasteiger partial charge in [0.15, 0.2) is 0 Å². The lowest BCUT2D eigenvalue weighted by Crippen LogP contribution is -2.02. The quantitative estimate of drug-likeness (QED) is 0.904. The third kappa shape index (κ3) is 2.43. The Morgan fingerprint density at radius 2 is 2.06 bits per heavy atom. The molecule has 1 aromatic heterocycles. The van der Waals surface area contributed by atoms with Gasteiger partial charge in [0.05, 0.1) is 10.5 Å². The van der Waals surface area contributed by atoms with Crippen molar-refractivity contribution in [2.24, 2.45) is 5.73 Å². The number of aromatic nitrogens is 1. The Morgan fingerprint density at radius 1 is 1.29 bits per heavy atom. The number of nitrogens with two attached hydrogens (primary N) is 1. The number of halogens is 1. The van der Waals surface area contributed by atoms with Crippen LogP contribution in [0, 0.1) is 13.8 Å². The average Bonchev–Trinajstić information content (AvgIpc) is 2.30. The number of benzene rings is 1. The van der Waals surface area contributed by atoms with Crippen LogP contribution in [0.5, 0.6) is 0 Å². The molecule has 0 saturated carbocycles. The van der Waals surface area contributed by atoms with Crippen LogP contribution >= 0.6 is 11.6 Å². The monoisotopic (exact) mass is 248 g/mol. The zero-order chi connectivity index (χ0) is 12.4. The lowest BCUT2D eigenvalue weighted by atomic mass is 10.0. The molecule has 3 heteroatoms. The van der Waals surface area contributed by atoms with Gasteiger partial charge in [0.2, 0.25) is 0 Å². The number of rotatable bonds is 3. The number of nitrogens with zero attached hydrogens (tertiary/aromatic N) is 1. The van der Waals surface area contributed by atoms with Crippen molar-refractivity contribution in [2.45, 2.75) is 26.7 Å². The highest BCUT2D eigenvalue weighted by molar-refractivity contribution is 6.35.